The van der Waals surface area contributed by atoms with Crippen LogP contribution >= 0.6 is 11.6 Å². The largest absolute Gasteiger partial charge is 0.356 e. The first kappa shape index (κ1) is 13.6. The first-order valence-electron chi connectivity index (χ1n) is 7.01. The molecule has 2 aromatic heterocycles. The Bertz CT molecular complexity index is 590. The van der Waals surface area contributed by atoms with Crippen LogP contribution in [0.5, 0.6) is 0 Å². The summed E-state index contributed by atoms with van der Waals surface area (Å²) in [5.74, 6) is 0.865. The Labute approximate surface area is 123 Å². The van der Waals surface area contributed by atoms with E-state index in [0.717, 1.165) is 43.7 Å². The zero-order valence-corrected chi connectivity index (χ0v) is 12.6. The van der Waals surface area contributed by atoms with Crippen LogP contribution in [-0.2, 0) is 0 Å². The van der Waals surface area contributed by atoms with Crippen molar-refractivity contribution in [1.29, 1.82) is 0 Å². The molecule has 1 aliphatic rings. The van der Waals surface area contributed by atoms with E-state index in [4.69, 9.17) is 11.6 Å². The van der Waals surface area contributed by atoms with Crippen LogP contribution in [0.3, 0.4) is 0 Å². The highest BCUT2D eigenvalue weighted by atomic mass is 35.5. The molecule has 108 valence electrons. The van der Waals surface area contributed by atoms with Gasteiger partial charge in [0.2, 0.25) is 5.28 Å². The fraction of sp³-hybridized carbons (Fsp3) is 0.615. The lowest BCUT2D eigenvalue weighted by Crippen LogP contribution is -2.43. The van der Waals surface area contributed by atoms with Crippen LogP contribution in [0, 0.1) is 0 Å². The molecule has 2 aromatic rings. The molecule has 3 rings (SSSR count). The van der Waals surface area contributed by atoms with E-state index in [9.17, 15) is 0 Å². The number of nitrogens with one attached hydrogen (secondary N) is 1. The van der Waals surface area contributed by atoms with Crippen LogP contribution < -0.4 is 4.90 Å². The van der Waals surface area contributed by atoms with Gasteiger partial charge >= 0.3 is 0 Å². The van der Waals surface area contributed by atoms with Crippen LogP contribution in [0.4, 0.5) is 5.82 Å². The number of anilines is 1. The van der Waals surface area contributed by atoms with Gasteiger partial charge in [0.15, 0.2) is 5.65 Å². The number of hydrogen-bond donors (Lipinski definition) is 1. The van der Waals surface area contributed by atoms with E-state index < -0.39 is 0 Å². The topological polar surface area (TPSA) is 60.9 Å². The molecule has 7 heteroatoms. The van der Waals surface area contributed by atoms with E-state index in [2.05, 4.69) is 43.9 Å². The Kier molecular flexibility index (Phi) is 3.76. The molecular formula is C13H19ClN6. The number of fused-ring (bicyclic) bond motifs is 1. The van der Waals surface area contributed by atoms with Crippen molar-refractivity contribution in [1.82, 2.24) is 25.1 Å². The minimum Gasteiger partial charge on any atom is -0.356 e. The van der Waals surface area contributed by atoms with Gasteiger partial charge in [0.25, 0.3) is 0 Å². The molecule has 0 radical (unpaired) electrons. The van der Waals surface area contributed by atoms with Crippen molar-refractivity contribution in [2.45, 2.75) is 25.8 Å². The Balaban J connectivity index is 1.85. The zero-order valence-electron chi connectivity index (χ0n) is 11.8. The van der Waals surface area contributed by atoms with Gasteiger partial charge in [-0.3, -0.25) is 5.10 Å². The van der Waals surface area contributed by atoms with Gasteiger partial charge in [0.05, 0.1) is 11.6 Å². The van der Waals surface area contributed by atoms with Gasteiger partial charge in [0.1, 0.15) is 5.82 Å². The number of halogens is 1. The number of rotatable bonds is 3. The molecule has 6 nitrogen and oxygen atoms in total. The normalized spacial score (nSPS) is 17.8. The number of likely N-dealkylation sites (tertiary alicyclic amines) is 1. The maximum absolute atomic E-state index is 6.00. The van der Waals surface area contributed by atoms with Gasteiger partial charge in [-0.25, -0.2) is 0 Å². The molecular weight excluding hydrogens is 276 g/mol. The third-order valence-electron chi connectivity index (χ3n) is 4.15. The third kappa shape index (κ3) is 2.45. The Morgan fingerprint density at radius 1 is 1.40 bits per heavy atom. The van der Waals surface area contributed by atoms with E-state index >= 15 is 0 Å². The van der Waals surface area contributed by atoms with Crippen LogP contribution in [-0.4, -0.2) is 57.8 Å². The number of H-pyrrole nitrogens is 1. The highest BCUT2D eigenvalue weighted by Crippen LogP contribution is 2.27. The molecule has 1 aliphatic heterocycles. The number of nitrogens with zero attached hydrogens (tertiary/aromatic N) is 5. The maximum atomic E-state index is 6.00. The lowest BCUT2D eigenvalue weighted by atomic mass is 10.0. The molecule has 3 heterocycles. The third-order valence-corrected chi connectivity index (χ3v) is 4.32. The molecule has 0 bridgehead atoms. The highest BCUT2D eigenvalue weighted by molar-refractivity contribution is 6.28. The number of aromatic nitrogens is 4. The van der Waals surface area contributed by atoms with Crippen molar-refractivity contribution in [3.05, 3.63) is 11.5 Å². The van der Waals surface area contributed by atoms with E-state index in [-0.39, 0.29) is 5.28 Å². The van der Waals surface area contributed by atoms with Crippen LogP contribution in [0.25, 0.3) is 11.0 Å². The minimum atomic E-state index is 0.259. The highest BCUT2D eigenvalue weighted by Gasteiger charge is 2.24. The second-order valence-electron chi connectivity index (χ2n) is 5.22. The summed E-state index contributed by atoms with van der Waals surface area (Å²) in [6, 6.07) is 0.488. The Morgan fingerprint density at radius 2 is 2.15 bits per heavy atom. The molecule has 1 N–H and O–H groups in total. The molecule has 0 aliphatic carbocycles. The number of aromatic amines is 1. The summed E-state index contributed by atoms with van der Waals surface area (Å²) < 4.78 is 0. The maximum Gasteiger partial charge on any atom is 0.226 e. The predicted octanol–water partition coefficient (Wildman–Crippen LogP) is 1.93. The molecule has 1 saturated heterocycles. The van der Waals surface area contributed by atoms with Gasteiger partial charge in [0, 0.05) is 26.2 Å². The predicted molar refractivity (Wildman–Crippen MR) is 80.2 cm³/mol. The Hall–Kier alpha value is -1.40. The van der Waals surface area contributed by atoms with Crippen molar-refractivity contribution in [3.8, 4) is 0 Å². The summed E-state index contributed by atoms with van der Waals surface area (Å²) >= 11 is 6.00. The first-order chi connectivity index (χ1) is 9.69. The summed E-state index contributed by atoms with van der Waals surface area (Å²) in [6.07, 6.45) is 4.05. The Morgan fingerprint density at radius 3 is 2.85 bits per heavy atom. The molecule has 1 fully saturated rings. The van der Waals surface area contributed by atoms with E-state index in [1.165, 1.54) is 0 Å². The van der Waals surface area contributed by atoms with Gasteiger partial charge < -0.3 is 9.80 Å². The van der Waals surface area contributed by atoms with Crippen molar-refractivity contribution in [2.24, 2.45) is 0 Å². The average molecular weight is 295 g/mol. The molecule has 20 heavy (non-hydrogen) atoms. The fourth-order valence-electron chi connectivity index (χ4n) is 2.86. The van der Waals surface area contributed by atoms with Crippen molar-refractivity contribution in [2.75, 3.05) is 31.6 Å². The SMILES string of the molecule is CCN1CCC(N(C)c2nc(Cl)nc3[nH]ncc23)CC1. The van der Waals surface area contributed by atoms with Crippen molar-refractivity contribution < 1.29 is 0 Å². The molecule has 0 amide bonds. The smallest absolute Gasteiger partial charge is 0.226 e. The van der Waals surface area contributed by atoms with Gasteiger partial charge in [-0.2, -0.15) is 15.1 Å². The number of hydrogen-bond acceptors (Lipinski definition) is 5. The zero-order chi connectivity index (χ0) is 14.1. The monoisotopic (exact) mass is 294 g/mol. The van der Waals surface area contributed by atoms with Gasteiger partial charge in [-0.05, 0) is 31.0 Å². The minimum absolute atomic E-state index is 0.259. The standard InChI is InChI=1S/C13H19ClN6/c1-3-20-6-4-9(5-7-20)19(2)12-10-8-15-18-11(10)16-13(14)17-12/h8-9H,3-7H2,1-2H3,(H,15,16,17,18). The second kappa shape index (κ2) is 5.54. The molecule has 0 unspecified atom stereocenters. The van der Waals surface area contributed by atoms with Crippen LogP contribution in [0.1, 0.15) is 19.8 Å². The van der Waals surface area contributed by atoms with Gasteiger partial charge in [-0.15, -0.1) is 0 Å². The molecule has 0 aromatic carbocycles. The fourth-order valence-corrected chi connectivity index (χ4v) is 3.02. The summed E-state index contributed by atoms with van der Waals surface area (Å²) in [5, 5.41) is 8.07. The van der Waals surface area contributed by atoms with E-state index in [1.54, 1.807) is 6.20 Å². The summed E-state index contributed by atoms with van der Waals surface area (Å²) in [5.41, 5.74) is 0.692. The summed E-state index contributed by atoms with van der Waals surface area (Å²) in [6.45, 7) is 5.61. The average Bonchev–Trinajstić information content (AvgIpc) is 2.94. The lowest BCUT2D eigenvalue weighted by Gasteiger charge is -2.37. The van der Waals surface area contributed by atoms with E-state index in [0.29, 0.717) is 11.7 Å². The first-order valence-corrected chi connectivity index (χ1v) is 7.38. The quantitative estimate of drug-likeness (QED) is 0.877. The van der Waals surface area contributed by atoms with Crippen molar-refractivity contribution in [3.63, 3.8) is 0 Å². The van der Waals surface area contributed by atoms with Crippen molar-refractivity contribution >= 4 is 28.5 Å². The van der Waals surface area contributed by atoms with E-state index in [1.807, 2.05) is 0 Å². The van der Waals surface area contributed by atoms with Crippen LogP contribution in [0.2, 0.25) is 5.28 Å². The summed E-state index contributed by atoms with van der Waals surface area (Å²) in [7, 11) is 2.08. The molecule has 0 atom stereocenters. The second-order valence-corrected chi connectivity index (χ2v) is 5.56. The number of piperidine rings is 1. The molecule has 0 spiro atoms. The van der Waals surface area contributed by atoms with Crippen LogP contribution in [0.15, 0.2) is 6.20 Å². The summed E-state index contributed by atoms with van der Waals surface area (Å²) in [4.78, 5) is 13.2. The lowest BCUT2D eigenvalue weighted by molar-refractivity contribution is 0.220. The molecule has 0 saturated carbocycles. The van der Waals surface area contributed by atoms with Gasteiger partial charge in [-0.1, -0.05) is 6.92 Å².